The lowest BCUT2D eigenvalue weighted by molar-refractivity contribution is -0.0281. The largest absolute Gasteiger partial charge is 0.378 e. The van der Waals surface area contributed by atoms with Crippen molar-refractivity contribution in [1.29, 1.82) is 0 Å². The van der Waals surface area contributed by atoms with E-state index in [9.17, 15) is 0 Å². The molecular formula is C15H26BrN3O. The smallest absolute Gasteiger partial charge is 0.0766 e. The van der Waals surface area contributed by atoms with Crippen molar-refractivity contribution in [3.05, 3.63) is 15.9 Å². The summed E-state index contributed by atoms with van der Waals surface area (Å²) in [6.07, 6.45) is 5.75. The second-order valence-corrected chi connectivity index (χ2v) is 6.59. The van der Waals surface area contributed by atoms with Crippen LogP contribution in [0.25, 0.3) is 0 Å². The van der Waals surface area contributed by atoms with Crippen LogP contribution in [0, 0.1) is 5.92 Å². The van der Waals surface area contributed by atoms with E-state index in [2.05, 4.69) is 34.9 Å². The maximum atomic E-state index is 6.32. The normalized spacial score (nSPS) is 23.6. The summed E-state index contributed by atoms with van der Waals surface area (Å²) in [6, 6.07) is 0.207. The van der Waals surface area contributed by atoms with Crippen LogP contribution in [0.3, 0.4) is 0 Å². The van der Waals surface area contributed by atoms with Gasteiger partial charge in [0.15, 0.2) is 0 Å². The van der Waals surface area contributed by atoms with Gasteiger partial charge in [-0.1, -0.05) is 6.92 Å². The second kappa shape index (κ2) is 7.05. The summed E-state index contributed by atoms with van der Waals surface area (Å²) in [5, 5.41) is 4.53. The number of aromatic nitrogens is 2. The van der Waals surface area contributed by atoms with Crippen LogP contribution in [0.1, 0.15) is 44.5 Å². The maximum absolute atomic E-state index is 6.32. The Bertz CT molecular complexity index is 441. The van der Waals surface area contributed by atoms with Crippen LogP contribution in [0.4, 0.5) is 0 Å². The van der Waals surface area contributed by atoms with E-state index < -0.39 is 0 Å². The topological polar surface area (TPSA) is 53.1 Å². The molecule has 1 atom stereocenters. The van der Waals surface area contributed by atoms with Crippen molar-refractivity contribution in [1.82, 2.24) is 9.78 Å². The highest BCUT2D eigenvalue weighted by atomic mass is 79.9. The molecule has 0 radical (unpaired) electrons. The average molecular weight is 344 g/mol. The van der Waals surface area contributed by atoms with Gasteiger partial charge in [0.05, 0.1) is 22.0 Å². The molecule has 114 valence electrons. The van der Waals surface area contributed by atoms with E-state index in [0.29, 0.717) is 6.10 Å². The minimum atomic E-state index is 0.207. The lowest BCUT2D eigenvalue weighted by Gasteiger charge is -2.36. The van der Waals surface area contributed by atoms with E-state index >= 15 is 0 Å². The molecule has 1 aliphatic rings. The zero-order valence-electron chi connectivity index (χ0n) is 12.7. The molecule has 1 saturated carbocycles. The first-order valence-corrected chi connectivity index (χ1v) is 8.41. The number of halogens is 1. The molecule has 20 heavy (non-hydrogen) atoms. The number of nitrogens with two attached hydrogens (primary N) is 1. The average Bonchev–Trinajstić information content (AvgIpc) is 2.64. The van der Waals surface area contributed by atoms with Crippen LogP contribution in [0.15, 0.2) is 4.47 Å². The first-order valence-electron chi connectivity index (χ1n) is 7.62. The Hall–Kier alpha value is -0.390. The molecule has 2 N–H and O–H groups in total. The van der Waals surface area contributed by atoms with E-state index in [4.69, 9.17) is 10.5 Å². The Kier molecular flexibility index (Phi) is 5.64. The first kappa shape index (κ1) is 16.0. The molecule has 1 aromatic rings. The molecular weight excluding hydrogens is 318 g/mol. The molecule has 0 aromatic carbocycles. The van der Waals surface area contributed by atoms with E-state index in [1.165, 1.54) is 18.5 Å². The minimum Gasteiger partial charge on any atom is -0.378 e. The molecule has 1 aromatic heterocycles. The fourth-order valence-electron chi connectivity index (χ4n) is 3.04. The fraction of sp³-hybridized carbons (Fsp3) is 0.800. The van der Waals surface area contributed by atoms with Crippen LogP contribution >= 0.6 is 15.9 Å². The monoisotopic (exact) mass is 343 g/mol. The summed E-state index contributed by atoms with van der Waals surface area (Å²) in [6.45, 7) is 5.01. The number of hydrogen-bond donors (Lipinski definition) is 1. The fourth-order valence-corrected chi connectivity index (χ4v) is 3.82. The third-order valence-corrected chi connectivity index (χ3v) is 5.10. The van der Waals surface area contributed by atoms with Crippen molar-refractivity contribution in [2.45, 2.75) is 58.1 Å². The summed E-state index contributed by atoms with van der Waals surface area (Å²) in [7, 11) is 2.00. The van der Waals surface area contributed by atoms with Crippen LogP contribution in [-0.4, -0.2) is 28.5 Å². The molecule has 0 bridgehead atoms. The van der Waals surface area contributed by atoms with Gasteiger partial charge < -0.3 is 10.5 Å². The first-order chi connectivity index (χ1) is 9.55. The summed E-state index contributed by atoms with van der Waals surface area (Å²) in [4.78, 5) is 0. The van der Waals surface area contributed by atoms with Gasteiger partial charge >= 0.3 is 0 Å². The molecule has 4 nitrogen and oxygen atoms in total. The van der Waals surface area contributed by atoms with Gasteiger partial charge in [-0.3, -0.25) is 4.68 Å². The quantitative estimate of drug-likeness (QED) is 0.828. The number of nitrogens with zero attached hydrogens (tertiary/aromatic N) is 2. The van der Waals surface area contributed by atoms with Gasteiger partial charge in [0.1, 0.15) is 0 Å². The molecule has 0 spiro atoms. The van der Waals surface area contributed by atoms with E-state index in [-0.39, 0.29) is 6.04 Å². The zero-order chi connectivity index (χ0) is 14.7. The van der Waals surface area contributed by atoms with Gasteiger partial charge in [-0.05, 0) is 54.5 Å². The Morgan fingerprint density at radius 3 is 2.70 bits per heavy atom. The number of rotatable bonds is 7. The van der Waals surface area contributed by atoms with Crippen molar-refractivity contribution in [2.24, 2.45) is 18.7 Å². The number of aryl methyl sites for hydroxylation is 2. The molecule has 5 heteroatoms. The molecule has 1 unspecified atom stereocenters. The van der Waals surface area contributed by atoms with Crippen LogP contribution in [0.2, 0.25) is 0 Å². The van der Waals surface area contributed by atoms with Crippen LogP contribution in [-0.2, 0) is 24.6 Å². The third-order valence-electron chi connectivity index (χ3n) is 4.19. The summed E-state index contributed by atoms with van der Waals surface area (Å²) in [5.74, 6) is 0.735. The van der Waals surface area contributed by atoms with Gasteiger partial charge in [-0.15, -0.1) is 0 Å². The maximum Gasteiger partial charge on any atom is 0.0766 e. The third kappa shape index (κ3) is 3.62. The SMILES string of the molecule is CCOC1CC(CC(N)Cc2c(Br)c(CC)nn2C)C1. The highest BCUT2D eigenvalue weighted by Gasteiger charge is 2.31. The van der Waals surface area contributed by atoms with Gasteiger partial charge in [0.25, 0.3) is 0 Å². The molecule has 1 fully saturated rings. The van der Waals surface area contributed by atoms with Crippen LogP contribution < -0.4 is 5.73 Å². The van der Waals surface area contributed by atoms with Gasteiger partial charge in [-0.25, -0.2) is 0 Å². The Balaban J connectivity index is 1.83. The van der Waals surface area contributed by atoms with E-state index in [0.717, 1.165) is 42.0 Å². The van der Waals surface area contributed by atoms with Crippen molar-refractivity contribution in [3.8, 4) is 0 Å². The molecule has 0 saturated heterocycles. The number of hydrogen-bond acceptors (Lipinski definition) is 3. The Morgan fingerprint density at radius 2 is 2.15 bits per heavy atom. The second-order valence-electron chi connectivity index (χ2n) is 5.80. The Morgan fingerprint density at radius 1 is 1.45 bits per heavy atom. The van der Waals surface area contributed by atoms with Crippen molar-refractivity contribution >= 4 is 15.9 Å². The lowest BCUT2D eigenvalue weighted by Crippen LogP contribution is -2.36. The van der Waals surface area contributed by atoms with Gasteiger partial charge in [-0.2, -0.15) is 5.10 Å². The van der Waals surface area contributed by atoms with Crippen molar-refractivity contribution in [2.75, 3.05) is 6.61 Å². The van der Waals surface area contributed by atoms with Crippen molar-refractivity contribution < 1.29 is 4.74 Å². The summed E-state index contributed by atoms with van der Waals surface area (Å²) >= 11 is 3.66. The number of ether oxygens (including phenoxy) is 1. The summed E-state index contributed by atoms with van der Waals surface area (Å²) in [5.41, 5.74) is 8.66. The summed E-state index contributed by atoms with van der Waals surface area (Å²) < 4.78 is 8.70. The lowest BCUT2D eigenvalue weighted by atomic mass is 9.78. The molecule has 0 amide bonds. The predicted octanol–water partition coefficient (Wildman–Crippen LogP) is 2.82. The minimum absolute atomic E-state index is 0.207. The molecule has 1 heterocycles. The van der Waals surface area contributed by atoms with Gasteiger partial charge in [0, 0.05) is 26.1 Å². The zero-order valence-corrected chi connectivity index (χ0v) is 14.3. The standard InChI is InChI=1S/C15H26BrN3O/c1-4-13-15(16)14(19(3)18-13)9-11(17)6-10-7-12(8-10)20-5-2/h10-12H,4-9,17H2,1-3H3. The highest BCUT2D eigenvalue weighted by molar-refractivity contribution is 9.10. The van der Waals surface area contributed by atoms with E-state index in [1.807, 2.05) is 11.7 Å². The van der Waals surface area contributed by atoms with Crippen molar-refractivity contribution in [3.63, 3.8) is 0 Å². The predicted molar refractivity (Wildman–Crippen MR) is 84.7 cm³/mol. The molecule has 0 aliphatic heterocycles. The van der Waals surface area contributed by atoms with E-state index in [1.54, 1.807) is 0 Å². The highest BCUT2D eigenvalue weighted by Crippen LogP contribution is 2.34. The molecule has 2 rings (SSSR count). The van der Waals surface area contributed by atoms with Gasteiger partial charge in [0.2, 0.25) is 0 Å². The van der Waals surface area contributed by atoms with Crippen LogP contribution in [0.5, 0.6) is 0 Å². The molecule has 1 aliphatic carbocycles. The Labute approximate surface area is 130 Å².